The molecule has 1 aliphatic carbocycles. The van der Waals surface area contributed by atoms with Crippen LogP contribution in [0.3, 0.4) is 0 Å². The molecule has 0 saturated carbocycles. The Balaban J connectivity index is 1.26. The van der Waals surface area contributed by atoms with Gasteiger partial charge in [0.1, 0.15) is 23.0 Å². The molecule has 14 heteroatoms. The number of non-ortho nitro benzene ring substituents is 2. The molecule has 0 saturated heterocycles. The van der Waals surface area contributed by atoms with Crippen LogP contribution in [0.15, 0.2) is 226 Å². The van der Waals surface area contributed by atoms with Crippen molar-refractivity contribution in [2.45, 2.75) is 11.3 Å². The lowest BCUT2D eigenvalue weighted by Gasteiger charge is -2.45. The van der Waals surface area contributed by atoms with Gasteiger partial charge in [-0.05, 0) is 188 Å². The summed E-state index contributed by atoms with van der Waals surface area (Å²) >= 11 is 0. The molecule has 80 heavy (non-hydrogen) atoms. The van der Waals surface area contributed by atoms with Crippen LogP contribution in [-0.2, 0) is 11.3 Å². The van der Waals surface area contributed by atoms with E-state index in [0.29, 0.717) is 57.0 Å². The topological polar surface area (TPSA) is 173 Å². The highest BCUT2D eigenvalue weighted by molar-refractivity contribution is 6.56. The normalized spacial score (nSPS) is 14.4. The van der Waals surface area contributed by atoms with Gasteiger partial charge in [0.05, 0.1) is 61.1 Å². The molecule has 2 spiro atoms. The Kier molecular flexibility index (Phi) is 11.7. The largest absolute Gasteiger partial charge is 0.497 e. The van der Waals surface area contributed by atoms with Crippen LogP contribution in [0.25, 0.3) is 54.9 Å². The Bertz CT molecular complexity index is 3900. The molecule has 2 aliphatic heterocycles. The van der Waals surface area contributed by atoms with Crippen LogP contribution in [-0.4, -0.2) is 61.1 Å². The van der Waals surface area contributed by atoms with E-state index in [1.807, 2.05) is 121 Å². The van der Waals surface area contributed by atoms with E-state index < -0.39 is 21.2 Å². The Morgan fingerprint density at radius 3 is 0.838 bits per heavy atom. The van der Waals surface area contributed by atoms with E-state index in [2.05, 4.69) is 36.4 Å². The van der Waals surface area contributed by atoms with Gasteiger partial charge in [0.2, 0.25) is 11.3 Å². The molecular formula is C66H46N6O8. The van der Waals surface area contributed by atoms with E-state index in [4.69, 9.17) is 38.9 Å². The third-order valence-corrected chi connectivity index (χ3v) is 15.4. The lowest BCUT2D eigenvalue weighted by Crippen LogP contribution is -2.46. The first-order valence-corrected chi connectivity index (χ1v) is 25.7. The number of rotatable bonds is 12. The van der Waals surface area contributed by atoms with Crippen LogP contribution >= 0.6 is 0 Å². The first-order valence-electron chi connectivity index (χ1n) is 25.7. The van der Waals surface area contributed by atoms with Crippen molar-refractivity contribution in [3.05, 3.63) is 260 Å². The number of nitro benzene ring substituents is 2. The van der Waals surface area contributed by atoms with Crippen LogP contribution in [0.1, 0.15) is 33.4 Å². The molecule has 0 bridgehead atoms. The molecular weight excluding hydrogens is 1000 g/mol. The number of methoxy groups -OCH3 is 4. The number of aliphatic imine (C=N–C) groups is 4. The van der Waals surface area contributed by atoms with Gasteiger partial charge in [-0.2, -0.15) is 0 Å². The second-order valence-electron chi connectivity index (χ2n) is 19.5. The van der Waals surface area contributed by atoms with Crippen LogP contribution in [0, 0.1) is 20.2 Å². The average Bonchev–Trinajstić information content (AvgIpc) is 4.25. The van der Waals surface area contributed by atoms with Crippen molar-refractivity contribution in [1.29, 1.82) is 0 Å². The second-order valence-corrected chi connectivity index (χ2v) is 19.5. The van der Waals surface area contributed by atoms with Crippen LogP contribution < -0.4 is 18.9 Å². The fraction of sp³-hybridized carbons (Fsp3) is 0.0909. The smallest absolute Gasteiger partial charge is 0.269 e. The minimum atomic E-state index is -1.79. The van der Waals surface area contributed by atoms with Gasteiger partial charge in [0.15, 0.2) is 0 Å². The van der Waals surface area contributed by atoms with E-state index in [1.54, 1.807) is 52.7 Å². The molecule has 0 N–H and O–H groups in total. The Morgan fingerprint density at radius 1 is 0.338 bits per heavy atom. The monoisotopic (exact) mass is 1050 g/mol. The van der Waals surface area contributed by atoms with Gasteiger partial charge < -0.3 is 18.9 Å². The van der Waals surface area contributed by atoms with Crippen molar-refractivity contribution in [3.8, 4) is 56.4 Å². The summed E-state index contributed by atoms with van der Waals surface area (Å²) in [5.41, 5.74) is 7.62. The molecule has 14 nitrogen and oxygen atoms in total. The Morgan fingerprint density at radius 2 is 0.588 bits per heavy atom. The number of nitro groups is 2. The fourth-order valence-electron chi connectivity index (χ4n) is 11.5. The second kappa shape index (κ2) is 19.1. The molecule has 0 atom stereocenters. The first-order chi connectivity index (χ1) is 39.0. The van der Waals surface area contributed by atoms with Gasteiger partial charge in [-0.3, -0.25) is 20.2 Å². The van der Waals surface area contributed by atoms with Crippen molar-refractivity contribution >= 4 is 55.8 Å². The number of benzene rings is 10. The quantitative estimate of drug-likeness (QED) is 0.0859. The third-order valence-electron chi connectivity index (χ3n) is 15.4. The number of hydrogen-bond donors (Lipinski definition) is 0. The summed E-state index contributed by atoms with van der Waals surface area (Å²) in [4.78, 5) is 47.9. The number of nitrogens with zero attached hydrogens (tertiary/aromatic N) is 6. The van der Waals surface area contributed by atoms with Crippen molar-refractivity contribution in [3.63, 3.8) is 0 Å². The highest BCUT2D eigenvalue weighted by atomic mass is 16.6. The van der Waals surface area contributed by atoms with Crippen molar-refractivity contribution in [1.82, 2.24) is 0 Å². The SMILES string of the molecule is COc1ccc(C2=NC3(N=C2c2ccc(OC)cc2)c2cc(-c4ccc([N+](=O)[O-])cc4)c4ccccc4c2-c2c(cc(-c4ccc([N+](=O)[O-])cc4)c4ccccc24)C32N=C(c3ccc(OC)cc3)C(c3ccc(OC)cc3)=N2)cc1. The number of ether oxygens (including phenoxy) is 4. The fourth-order valence-corrected chi connectivity index (χ4v) is 11.5. The summed E-state index contributed by atoms with van der Waals surface area (Å²) in [5, 5.41) is 27.8. The molecule has 13 rings (SSSR count). The van der Waals surface area contributed by atoms with Crippen molar-refractivity contribution < 1.29 is 28.8 Å². The van der Waals surface area contributed by atoms with Gasteiger partial charge in [-0.15, -0.1) is 0 Å². The average molecular weight is 1050 g/mol. The third kappa shape index (κ3) is 7.70. The lowest BCUT2D eigenvalue weighted by atomic mass is 9.67. The zero-order chi connectivity index (χ0) is 54.9. The van der Waals surface area contributed by atoms with Crippen molar-refractivity contribution in [2.24, 2.45) is 20.0 Å². The molecule has 0 radical (unpaired) electrons. The minimum Gasteiger partial charge on any atom is -0.497 e. The van der Waals surface area contributed by atoms with Crippen molar-refractivity contribution in [2.75, 3.05) is 28.4 Å². The van der Waals surface area contributed by atoms with Gasteiger partial charge >= 0.3 is 0 Å². The van der Waals surface area contributed by atoms with E-state index in [-0.39, 0.29) is 11.4 Å². The maximum atomic E-state index is 12.1. The summed E-state index contributed by atoms with van der Waals surface area (Å²) < 4.78 is 22.8. The van der Waals surface area contributed by atoms with Crippen LogP contribution in [0.4, 0.5) is 11.4 Å². The summed E-state index contributed by atoms with van der Waals surface area (Å²) in [7, 11) is 6.50. The maximum Gasteiger partial charge on any atom is 0.269 e. The number of fused-ring (bicyclic) bond motifs is 10. The van der Waals surface area contributed by atoms with E-state index >= 15 is 0 Å². The van der Waals surface area contributed by atoms with Gasteiger partial charge in [0.25, 0.3) is 11.4 Å². The van der Waals surface area contributed by atoms with Crippen LogP contribution in [0.2, 0.25) is 0 Å². The van der Waals surface area contributed by atoms with E-state index in [1.165, 1.54) is 24.3 Å². The molecule has 2 heterocycles. The van der Waals surface area contributed by atoms with E-state index in [0.717, 1.165) is 77.2 Å². The molecule has 0 unspecified atom stereocenters. The summed E-state index contributed by atoms with van der Waals surface area (Å²) in [6.07, 6.45) is 0. The standard InChI is InChI=1S/C66H46N6O8/c1-77-47-29-17-41(18-30-47)61-62(42-19-31-48(78-2)32-20-42)68-65(67-61)57-37-55(39-13-25-45(26-14-39)71(73)74)51-9-5-7-11-53(51)59(57)60-54-12-8-6-10-52(54)56(40-15-27-46(28-16-40)72(75)76)38-58(60)66(65)69-63(43-21-33-49(79-3)34-22-43)64(70-66)44-23-35-50(80-4)36-24-44/h5-38H,1-4H3. The van der Waals surface area contributed by atoms with Gasteiger partial charge in [0, 0.05) is 57.6 Å². The lowest BCUT2D eigenvalue weighted by molar-refractivity contribution is -0.385. The molecule has 10 aromatic rings. The predicted molar refractivity (Wildman–Crippen MR) is 313 cm³/mol. The zero-order valence-corrected chi connectivity index (χ0v) is 43.6. The first kappa shape index (κ1) is 49.0. The molecule has 0 amide bonds. The number of hydrogen-bond acceptors (Lipinski definition) is 12. The maximum absolute atomic E-state index is 12.1. The molecule has 10 aromatic carbocycles. The van der Waals surface area contributed by atoms with Gasteiger partial charge in [-0.25, -0.2) is 20.0 Å². The molecule has 388 valence electrons. The molecule has 0 fully saturated rings. The zero-order valence-electron chi connectivity index (χ0n) is 43.6. The Hall–Kier alpha value is -10.6. The molecule has 0 aromatic heterocycles. The predicted octanol–water partition coefficient (Wildman–Crippen LogP) is 14.1. The van der Waals surface area contributed by atoms with Crippen LogP contribution in [0.5, 0.6) is 23.0 Å². The highest BCUT2D eigenvalue weighted by Gasteiger charge is 2.64. The van der Waals surface area contributed by atoms with Gasteiger partial charge in [-0.1, -0.05) is 48.5 Å². The summed E-state index contributed by atoms with van der Waals surface area (Å²) in [6, 6.07) is 64.7. The minimum absolute atomic E-state index is 0.0410. The Labute approximate surface area is 458 Å². The van der Waals surface area contributed by atoms with E-state index in [9.17, 15) is 20.2 Å². The summed E-state index contributed by atoms with van der Waals surface area (Å²) in [6.45, 7) is 0. The molecule has 3 aliphatic rings. The summed E-state index contributed by atoms with van der Waals surface area (Å²) in [5.74, 6) is 2.62. The highest BCUT2D eigenvalue weighted by Crippen LogP contribution is 2.64.